The van der Waals surface area contributed by atoms with Crippen molar-refractivity contribution in [2.24, 2.45) is 0 Å². The normalized spacial score (nSPS) is 18.8. The molecule has 0 aromatic heterocycles. The monoisotopic (exact) mass is 310 g/mol. The fraction of sp³-hybridized carbons (Fsp3) is 0.333. The molecule has 7 heteroatoms. The molecular formula is C15H16F2N2O3. The molecule has 0 bridgehead atoms. The van der Waals surface area contributed by atoms with Gasteiger partial charge in [0.05, 0.1) is 18.7 Å². The third-order valence-corrected chi connectivity index (χ3v) is 3.80. The van der Waals surface area contributed by atoms with Crippen LogP contribution >= 0.6 is 0 Å². The SMILES string of the molecule is COC(=O)C1=C(C)N(C)C(=O)N(C)[C@@H]1c1ccc(F)cc1F. The van der Waals surface area contributed by atoms with Gasteiger partial charge >= 0.3 is 12.0 Å². The number of benzene rings is 1. The van der Waals surface area contributed by atoms with Crippen molar-refractivity contribution >= 4 is 12.0 Å². The van der Waals surface area contributed by atoms with E-state index in [1.807, 2.05) is 0 Å². The number of amides is 2. The van der Waals surface area contributed by atoms with Crippen LogP contribution in [0.4, 0.5) is 13.6 Å². The van der Waals surface area contributed by atoms with Crippen LogP contribution in [0.25, 0.3) is 0 Å². The Bertz CT molecular complexity index is 673. The van der Waals surface area contributed by atoms with Crippen LogP contribution in [0, 0.1) is 11.6 Å². The van der Waals surface area contributed by atoms with Crippen LogP contribution in [-0.4, -0.2) is 43.0 Å². The van der Waals surface area contributed by atoms with Crippen molar-refractivity contribution in [3.05, 3.63) is 46.7 Å². The molecule has 0 unspecified atom stereocenters. The van der Waals surface area contributed by atoms with Crippen LogP contribution in [0.1, 0.15) is 18.5 Å². The summed E-state index contributed by atoms with van der Waals surface area (Å²) in [6, 6.07) is 1.64. The van der Waals surface area contributed by atoms with Crippen molar-refractivity contribution < 1.29 is 23.1 Å². The zero-order valence-electron chi connectivity index (χ0n) is 12.7. The first-order chi connectivity index (χ1) is 10.3. The molecule has 0 spiro atoms. The molecule has 22 heavy (non-hydrogen) atoms. The lowest BCUT2D eigenvalue weighted by Gasteiger charge is -2.39. The van der Waals surface area contributed by atoms with Gasteiger partial charge in [-0.15, -0.1) is 0 Å². The number of rotatable bonds is 2. The number of hydrogen-bond donors (Lipinski definition) is 0. The summed E-state index contributed by atoms with van der Waals surface area (Å²) >= 11 is 0. The number of urea groups is 1. The van der Waals surface area contributed by atoms with Crippen molar-refractivity contribution in [3.8, 4) is 0 Å². The Labute approximate surface area is 126 Å². The number of esters is 1. The molecule has 1 heterocycles. The highest BCUT2D eigenvalue weighted by molar-refractivity contribution is 5.94. The Kier molecular flexibility index (Phi) is 4.16. The van der Waals surface area contributed by atoms with Gasteiger partial charge in [0, 0.05) is 31.4 Å². The number of carbonyl (C=O) groups is 2. The second-order valence-electron chi connectivity index (χ2n) is 5.01. The lowest BCUT2D eigenvalue weighted by molar-refractivity contribution is -0.137. The fourth-order valence-corrected chi connectivity index (χ4v) is 2.52. The predicted octanol–water partition coefficient (Wildman–Crippen LogP) is 2.45. The largest absolute Gasteiger partial charge is 0.466 e. The number of ether oxygens (including phenoxy) is 1. The number of likely N-dealkylation sites (N-methyl/N-ethyl adjacent to an activating group) is 1. The van der Waals surface area contributed by atoms with Gasteiger partial charge in [0.1, 0.15) is 11.6 Å². The minimum Gasteiger partial charge on any atom is -0.466 e. The molecule has 0 N–H and O–H groups in total. The number of hydrogen-bond acceptors (Lipinski definition) is 3. The van der Waals surface area contributed by atoms with E-state index in [9.17, 15) is 18.4 Å². The highest BCUT2D eigenvalue weighted by atomic mass is 19.1. The minimum absolute atomic E-state index is 0.0325. The maximum atomic E-state index is 14.1. The lowest BCUT2D eigenvalue weighted by Crippen LogP contribution is -2.47. The first kappa shape index (κ1) is 15.9. The number of allylic oxidation sites excluding steroid dienone is 1. The molecular weight excluding hydrogens is 294 g/mol. The van der Waals surface area contributed by atoms with Gasteiger partial charge in [-0.2, -0.15) is 0 Å². The summed E-state index contributed by atoms with van der Waals surface area (Å²) in [6.07, 6.45) is 0. The summed E-state index contributed by atoms with van der Waals surface area (Å²) in [5.74, 6) is -2.23. The molecule has 118 valence electrons. The fourth-order valence-electron chi connectivity index (χ4n) is 2.52. The molecule has 1 aromatic carbocycles. The third-order valence-electron chi connectivity index (χ3n) is 3.80. The topological polar surface area (TPSA) is 49.9 Å². The summed E-state index contributed by atoms with van der Waals surface area (Å²) in [4.78, 5) is 26.8. The van der Waals surface area contributed by atoms with E-state index in [0.717, 1.165) is 12.1 Å². The van der Waals surface area contributed by atoms with Crippen LogP contribution in [-0.2, 0) is 9.53 Å². The van der Waals surface area contributed by atoms with Crippen molar-refractivity contribution in [1.82, 2.24) is 9.80 Å². The molecule has 1 aromatic rings. The molecule has 2 amide bonds. The van der Waals surface area contributed by atoms with Crippen LogP contribution in [0.3, 0.4) is 0 Å². The second kappa shape index (κ2) is 5.75. The molecule has 0 saturated carbocycles. The van der Waals surface area contributed by atoms with Crippen molar-refractivity contribution in [2.75, 3.05) is 21.2 Å². The average molecular weight is 310 g/mol. The van der Waals surface area contributed by atoms with Gasteiger partial charge in [0.25, 0.3) is 0 Å². The van der Waals surface area contributed by atoms with Crippen LogP contribution in [0.5, 0.6) is 0 Å². The van der Waals surface area contributed by atoms with Gasteiger partial charge in [0.15, 0.2) is 0 Å². The number of methoxy groups -OCH3 is 1. The Morgan fingerprint density at radius 2 is 1.91 bits per heavy atom. The molecule has 1 atom stereocenters. The maximum absolute atomic E-state index is 14.1. The van der Waals surface area contributed by atoms with Gasteiger partial charge < -0.3 is 14.5 Å². The van der Waals surface area contributed by atoms with E-state index >= 15 is 0 Å². The predicted molar refractivity (Wildman–Crippen MR) is 74.7 cm³/mol. The Hall–Kier alpha value is -2.44. The quantitative estimate of drug-likeness (QED) is 0.788. The second-order valence-corrected chi connectivity index (χ2v) is 5.01. The zero-order valence-corrected chi connectivity index (χ0v) is 12.7. The van der Waals surface area contributed by atoms with Crippen LogP contribution < -0.4 is 0 Å². The lowest BCUT2D eigenvalue weighted by atomic mass is 9.93. The van der Waals surface area contributed by atoms with Gasteiger partial charge in [-0.05, 0) is 13.0 Å². The Morgan fingerprint density at radius 3 is 2.45 bits per heavy atom. The molecule has 0 radical (unpaired) electrons. The Balaban J connectivity index is 2.68. The van der Waals surface area contributed by atoms with E-state index in [4.69, 9.17) is 4.74 Å². The van der Waals surface area contributed by atoms with E-state index in [1.54, 1.807) is 6.92 Å². The van der Waals surface area contributed by atoms with Gasteiger partial charge in [-0.3, -0.25) is 0 Å². The van der Waals surface area contributed by atoms with Crippen molar-refractivity contribution in [1.29, 1.82) is 0 Å². The number of halogens is 2. The Morgan fingerprint density at radius 1 is 1.27 bits per heavy atom. The van der Waals surface area contributed by atoms with E-state index in [0.29, 0.717) is 5.70 Å². The third kappa shape index (κ3) is 2.43. The molecule has 1 aliphatic rings. The van der Waals surface area contributed by atoms with Gasteiger partial charge in [0.2, 0.25) is 0 Å². The summed E-state index contributed by atoms with van der Waals surface area (Å²) in [5.41, 5.74) is 0.534. The average Bonchev–Trinajstić information content (AvgIpc) is 2.48. The zero-order chi connectivity index (χ0) is 16.6. The summed E-state index contributed by atoms with van der Waals surface area (Å²) in [7, 11) is 4.16. The first-order valence-electron chi connectivity index (χ1n) is 6.54. The van der Waals surface area contributed by atoms with Crippen LogP contribution in [0.15, 0.2) is 29.5 Å². The molecule has 2 rings (SSSR count). The van der Waals surface area contributed by atoms with E-state index in [-0.39, 0.29) is 11.1 Å². The van der Waals surface area contributed by atoms with Gasteiger partial charge in [-0.25, -0.2) is 18.4 Å². The number of carbonyl (C=O) groups excluding carboxylic acids is 2. The number of nitrogens with zero attached hydrogens (tertiary/aromatic N) is 2. The molecule has 0 fully saturated rings. The summed E-state index contributed by atoms with van der Waals surface area (Å²) in [5, 5.41) is 0. The van der Waals surface area contributed by atoms with E-state index in [1.165, 1.54) is 37.1 Å². The smallest absolute Gasteiger partial charge is 0.337 e. The van der Waals surface area contributed by atoms with Crippen molar-refractivity contribution in [3.63, 3.8) is 0 Å². The highest BCUT2D eigenvalue weighted by Crippen LogP contribution is 2.37. The molecule has 0 aliphatic carbocycles. The minimum atomic E-state index is -0.975. The van der Waals surface area contributed by atoms with E-state index in [2.05, 4.69) is 0 Å². The van der Waals surface area contributed by atoms with E-state index < -0.39 is 29.7 Å². The van der Waals surface area contributed by atoms with Gasteiger partial charge in [-0.1, -0.05) is 6.07 Å². The molecule has 5 nitrogen and oxygen atoms in total. The summed E-state index contributed by atoms with van der Waals surface area (Å²) < 4.78 is 32.0. The molecule has 1 aliphatic heterocycles. The molecule has 0 saturated heterocycles. The van der Waals surface area contributed by atoms with Crippen LogP contribution in [0.2, 0.25) is 0 Å². The highest BCUT2D eigenvalue weighted by Gasteiger charge is 2.40. The maximum Gasteiger partial charge on any atom is 0.337 e. The summed E-state index contributed by atoms with van der Waals surface area (Å²) in [6.45, 7) is 1.57. The first-order valence-corrected chi connectivity index (χ1v) is 6.54. The van der Waals surface area contributed by atoms with Crippen molar-refractivity contribution in [2.45, 2.75) is 13.0 Å². The standard InChI is InChI=1S/C15H16F2N2O3/c1-8-12(14(20)22-4)13(19(3)15(21)18(8)2)10-6-5-9(16)7-11(10)17/h5-7,13H,1-4H3/t13-/m1/s1.